The average molecular weight is 417 g/mol. The maximum Gasteiger partial charge on any atom is 0.277 e. The largest absolute Gasteiger partial charge is 0.414 e. The van der Waals surface area contributed by atoms with Gasteiger partial charge in [0.05, 0.1) is 11.8 Å². The molecule has 0 spiro atoms. The Bertz CT molecular complexity index is 739. The van der Waals surface area contributed by atoms with E-state index in [1.807, 2.05) is 25.1 Å². The molecule has 1 amide bonds. The van der Waals surface area contributed by atoms with E-state index < -0.39 is 0 Å². The standard InChI is InChI=1S/C17H22Cl2N4O2S/c1-4-14(23(2)3)16-21-22-17(25-16)26-10-15(24)20-8-7-11-5-6-12(18)9-13(11)19/h5-6,9,14H,4,7-8,10H2,1-3H3,(H,20,24)/t14-/m1/s1. The third kappa shape index (κ3) is 6.16. The molecule has 0 unspecified atom stereocenters. The van der Waals surface area contributed by atoms with Gasteiger partial charge < -0.3 is 9.73 Å². The maximum absolute atomic E-state index is 12.0. The molecule has 0 aliphatic heterocycles. The third-order valence-electron chi connectivity index (χ3n) is 3.78. The second kappa shape index (κ2) is 10.2. The quantitative estimate of drug-likeness (QED) is 0.626. The van der Waals surface area contributed by atoms with Gasteiger partial charge in [-0.3, -0.25) is 9.69 Å². The molecule has 1 aromatic carbocycles. The minimum absolute atomic E-state index is 0.0785. The zero-order valence-electron chi connectivity index (χ0n) is 15.0. The summed E-state index contributed by atoms with van der Waals surface area (Å²) < 4.78 is 5.64. The molecule has 1 heterocycles. The molecule has 2 rings (SSSR count). The molecule has 142 valence electrons. The summed E-state index contributed by atoms with van der Waals surface area (Å²) in [5, 5.41) is 12.5. The summed E-state index contributed by atoms with van der Waals surface area (Å²) in [5.74, 6) is 0.687. The minimum atomic E-state index is -0.0977. The maximum atomic E-state index is 12.0. The Labute approximate surface area is 167 Å². The predicted octanol–water partition coefficient (Wildman–Crippen LogP) is 3.84. The average Bonchev–Trinajstić information content (AvgIpc) is 3.04. The first kappa shape index (κ1) is 21.0. The van der Waals surface area contributed by atoms with Gasteiger partial charge >= 0.3 is 0 Å². The molecule has 1 aromatic heterocycles. The summed E-state index contributed by atoms with van der Waals surface area (Å²) in [4.78, 5) is 14.0. The number of carbonyl (C=O) groups is 1. The van der Waals surface area contributed by atoms with E-state index in [1.165, 1.54) is 11.8 Å². The van der Waals surface area contributed by atoms with Crippen molar-refractivity contribution < 1.29 is 9.21 Å². The number of thioether (sulfide) groups is 1. The molecule has 0 aliphatic carbocycles. The van der Waals surface area contributed by atoms with Crippen LogP contribution in [0.4, 0.5) is 0 Å². The molecule has 26 heavy (non-hydrogen) atoms. The number of carbonyl (C=O) groups excluding carboxylic acids is 1. The van der Waals surface area contributed by atoms with E-state index in [1.54, 1.807) is 12.1 Å². The fraction of sp³-hybridized carbons (Fsp3) is 0.471. The Hall–Kier alpha value is -1.28. The van der Waals surface area contributed by atoms with Gasteiger partial charge in [0.2, 0.25) is 11.8 Å². The third-order valence-corrected chi connectivity index (χ3v) is 5.18. The smallest absolute Gasteiger partial charge is 0.277 e. The summed E-state index contributed by atoms with van der Waals surface area (Å²) in [6.45, 7) is 2.55. The Morgan fingerprint density at radius 3 is 2.77 bits per heavy atom. The Morgan fingerprint density at radius 1 is 1.35 bits per heavy atom. The number of benzene rings is 1. The monoisotopic (exact) mass is 416 g/mol. The predicted molar refractivity (Wildman–Crippen MR) is 105 cm³/mol. The Morgan fingerprint density at radius 2 is 2.12 bits per heavy atom. The van der Waals surface area contributed by atoms with Crippen molar-refractivity contribution in [1.82, 2.24) is 20.4 Å². The Balaban J connectivity index is 1.76. The highest BCUT2D eigenvalue weighted by Crippen LogP contribution is 2.24. The van der Waals surface area contributed by atoms with E-state index in [9.17, 15) is 4.79 Å². The SMILES string of the molecule is CC[C@H](c1nnc(SCC(=O)NCCc2ccc(Cl)cc2Cl)o1)N(C)C. The molecule has 6 nitrogen and oxygen atoms in total. The van der Waals surface area contributed by atoms with Crippen molar-refractivity contribution >= 4 is 40.9 Å². The van der Waals surface area contributed by atoms with E-state index in [2.05, 4.69) is 22.4 Å². The fourth-order valence-corrected chi connectivity index (χ4v) is 3.52. The molecule has 0 fully saturated rings. The van der Waals surface area contributed by atoms with E-state index in [0.717, 1.165) is 12.0 Å². The molecular formula is C17H22Cl2N4O2S. The lowest BCUT2D eigenvalue weighted by Gasteiger charge is -2.18. The summed E-state index contributed by atoms with van der Waals surface area (Å²) in [6, 6.07) is 5.42. The molecule has 0 aliphatic rings. The van der Waals surface area contributed by atoms with Crippen LogP contribution in [0.5, 0.6) is 0 Å². The summed E-state index contributed by atoms with van der Waals surface area (Å²) in [5.41, 5.74) is 0.944. The zero-order chi connectivity index (χ0) is 19.1. The van der Waals surface area contributed by atoms with Gasteiger partial charge in [-0.15, -0.1) is 10.2 Å². The van der Waals surface area contributed by atoms with Crippen molar-refractivity contribution in [2.75, 3.05) is 26.4 Å². The first-order valence-electron chi connectivity index (χ1n) is 8.24. The van der Waals surface area contributed by atoms with E-state index in [4.69, 9.17) is 27.6 Å². The Kier molecular flexibility index (Phi) is 8.21. The molecule has 0 saturated heterocycles. The lowest BCUT2D eigenvalue weighted by molar-refractivity contribution is -0.118. The summed E-state index contributed by atoms with van der Waals surface area (Å²) in [6.07, 6.45) is 1.51. The second-order valence-electron chi connectivity index (χ2n) is 5.92. The molecule has 1 N–H and O–H groups in total. The molecule has 0 bridgehead atoms. The van der Waals surface area contributed by atoms with E-state index in [0.29, 0.717) is 34.1 Å². The van der Waals surface area contributed by atoms with Gasteiger partial charge in [-0.2, -0.15) is 0 Å². The number of aromatic nitrogens is 2. The fourth-order valence-electron chi connectivity index (χ4n) is 2.41. The summed E-state index contributed by atoms with van der Waals surface area (Å²) >= 11 is 13.2. The van der Waals surface area contributed by atoms with Crippen LogP contribution >= 0.6 is 35.0 Å². The number of nitrogens with one attached hydrogen (secondary N) is 1. The van der Waals surface area contributed by atoms with Crippen molar-refractivity contribution in [2.45, 2.75) is 31.0 Å². The van der Waals surface area contributed by atoms with Crippen molar-refractivity contribution in [3.8, 4) is 0 Å². The van der Waals surface area contributed by atoms with Gasteiger partial charge in [0, 0.05) is 16.6 Å². The molecule has 1 atom stereocenters. The van der Waals surface area contributed by atoms with Gasteiger partial charge in [-0.25, -0.2) is 0 Å². The van der Waals surface area contributed by atoms with Crippen LogP contribution in [-0.4, -0.2) is 47.4 Å². The lowest BCUT2D eigenvalue weighted by Crippen LogP contribution is -2.27. The van der Waals surface area contributed by atoms with E-state index in [-0.39, 0.29) is 17.7 Å². The second-order valence-corrected chi connectivity index (χ2v) is 7.69. The van der Waals surface area contributed by atoms with E-state index >= 15 is 0 Å². The lowest BCUT2D eigenvalue weighted by atomic mass is 10.1. The number of rotatable bonds is 9. The molecule has 9 heteroatoms. The van der Waals surface area contributed by atoms with Crippen LogP contribution in [-0.2, 0) is 11.2 Å². The van der Waals surface area contributed by atoms with Crippen LogP contribution in [0.1, 0.15) is 30.8 Å². The van der Waals surface area contributed by atoms with Gasteiger partial charge in [0.15, 0.2) is 0 Å². The number of amides is 1. The van der Waals surface area contributed by atoms with Crippen LogP contribution in [0.3, 0.4) is 0 Å². The minimum Gasteiger partial charge on any atom is -0.414 e. The highest BCUT2D eigenvalue weighted by atomic mass is 35.5. The first-order valence-corrected chi connectivity index (χ1v) is 9.98. The van der Waals surface area contributed by atoms with Crippen LogP contribution in [0.15, 0.2) is 27.8 Å². The molecular weight excluding hydrogens is 395 g/mol. The zero-order valence-corrected chi connectivity index (χ0v) is 17.3. The number of hydrogen-bond acceptors (Lipinski definition) is 6. The van der Waals surface area contributed by atoms with Crippen molar-refractivity contribution in [3.63, 3.8) is 0 Å². The topological polar surface area (TPSA) is 71.3 Å². The van der Waals surface area contributed by atoms with Crippen molar-refractivity contribution in [2.24, 2.45) is 0 Å². The van der Waals surface area contributed by atoms with Gasteiger partial charge in [0.25, 0.3) is 5.22 Å². The van der Waals surface area contributed by atoms with Crippen LogP contribution < -0.4 is 5.32 Å². The van der Waals surface area contributed by atoms with Gasteiger partial charge in [-0.1, -0.05) is 48.0 Å². The molecule has 0 saturated carbocycles. The number of nitrogens with zero attached hydrogens (tertiary/aromatic N) is 3. The van der Waals surface area contributed by atoms with Crippen LogP contribution in [0, 0.1) is 0 Å². The normalized spacial score (nSPS) is 12.4. The molecule has 0 radical (unpaired) electrons. The van der Waals surface area contributed by atoms with Crippen molar-refractivity contribution in [3.05, 3.63) is 39.7 Å². The highest BCUT2D eigenvalue weighted by molar-refractivity contribution is 7.99. The number of hydrogen-bond donors (Lipinski definition) is 1. The van der Waals surface area contributed by atoms with Gasteiger partial charge in [0.1, 0.15) is 0 Å². The molecule has 2 aromatic rings. The number of halogens is 2. The van der Waals surface area contributed by atoms with Crippen LogP contribution in [0.2, 0.25) is 10.0 Å². The highest BCUT2D eigenvalue weighted by Gasteiger charge is 2.19. The van der Waals surface area contributed by atoms with Crippen LogP contribution in [0.25, 0.3) is 0 Å². The van der Waals surface area contributed by atoms with Gasteiger partial charge in [-0.05, 0) is 44.6 Å². The first-order chi connectivity index (χ1) is 12.4. The summed E-state index contributed by atoms with van der Waals surface area (Å²) in [7, 11) is 3.93. The van der Waals surface area contributed by atoms with Crippen molar-refractivity contribution in [1.29, 1.82) is 0 Å².